The number of para-hydroxylation sites is 7. The molecule has 0 radical (unpaired) electrons. The van der Waals surface area contributed by atoms with Crippen LogP contribution >= 0.6 is 0 Å². The summed E-state index contributed by atoms with van der Waals surface area (Å²) in [7, 11) is 0. The Bertz CT molecular complexity index is 2850. The van der Waals surface area contributed by atoms with Gasteiger partial charge >= 0.3 is 0 Å². The largest absolute Gasteiger partial charge is 0.310 e. The first-order valence-corrected chi connectivity index (χ1v) is 18.3. The van der Waals surface area contributed by atoms with Crippen molar-refractivity contribution in [1.82, 2.24) is 9.55 Å². The standard InChI is InChI=1S/C49H31N7/c1-51-35-25-29-38(30-26-35)53(37-27-23-34(33-50)24-28-37)39-31-48(55-42-17-7-5-15-40(42)41-16-6-8-18-43(41)55)52-49(32-39)56-46-21-11-9-19-44(46)54(36-13-3-2-4-14-36)45-20-10-12-22-47(45)56/h2-32H. The summed E-state index contributed by atoms with van der Waals surface area (Å²) >= 11 is 0. The highest BCUT2D eigenvalue weighted by Crippen LogP contribution is 2.54. The van der Waals surface area contributed by atoms with Crippen LogP contribution in [0.3, 0.4) is 0 Å². The number of pyridine rings is 1. The van der Waals surface area contributed by atoms with E-state index in [2.05, 4.69) is 164 Å². The lowest BCUT2D eigenvalue weighted by molar-refractivity contribution is 1.05. The van der Waals surface area contributed by atoms with Crippen molar-refractivity contribution >= 4 is 78.8 Å². The van der Waals surface area contributed by atoms with Crippen molar-refractivity contribution in [1.29, 1.82) is 5.26 Å². The van der Waals surface area contributed by atoms with E-state index in [0.29, 0.717) is 11.3 Å². The molecule has 7 aromatic carbocycles. The molecule has 10 rings (SSSR count). The minimum absolute atomic E-state index is 0.555. The number of anilines is 9. The zero-order chi connectivity index (χ0) is 37.6. The van der Waals surface area contributed by atoms with E-state index in [9.17, 15) is 5.26 Å². The number of nitrogens with zero attached hydrogens (tertiary/aromatic N) is 7. The third-order valence-electron chi connectivity index (χ3n) is 10.3. The summed E-state index contributed by atoms with van der Waals surface area (Å²) in [5, 5.41) is 12.0. The summed E-state index contributed by atoms with van der Waals surface area (Å²) in [6.07, 6.45) is 0. The van der Waals surface area contributed by atoms with Crippen molar-refractivity contribution in [2.24, 2.45) is 0 Å². The Kier molecular flexibility index (Phi) is 7.77. The number of fused-ring (bicyclic) bond motifs is 5. The molecule has 0 aliphatic carbocycles. The minimum Gasteiger partial charge on any atom is -0.310 e. The highest BCUT2D eigenvalue weighted by atomic mass is 15.3. The highest BCUT2D eigenvalue weighted by molar-refractivity contribution is 6.09. The molecule has 3 heterocycles. The summed E-state index contributed by atoms with van der Waals surface area (Å²) in [6, 6.07) is 66.0. The number of hydrogen-bond acceptors (Lipinski definition) is 5. The Balaban J connectivity index is 1.28. The maximum Gasteiger partial charge on any atom is 0.187 e. The zero-order valence-corrected chi connectivity index (χ0v) is 30.0. The van der Waals surface area contributed by atoms with Crippen molar-refractivity contribution in [3.8, 4) is 11.9 Å². The minimum atomic E-state index is 0.555. The van der Waals surface area contributed by atoms with Gasteiger partial charge in [-0.3, -0.25) is 9.47 Å². The highest BCUT2D eigenvalue weighted by Gasteiger charge is 2.32. The molecule has 0 bridgehead atoms. The van der Waals surface area contributed by atoms with Crippen LogP contribution in [0, 0.1) is 17.9 Å². The Morgan fingerprint density at radius 3 is 1.54 bits per heavy atom. The first-order valence-electron chi connectivity index (χ1n) is 18.3. The van der Waals surface area contributed by atoms with E-state index >= 15 is 0 Å². The maximum atomic E-state index is 9.69. The van der Waals surface area contributed by atoms with Crippen LogP contribution in [0.15, 0.2) is 188 Å². The lowest BCUT2D eigenvalue weighted by Gasteiger charge is -2.40. The van der Waals surface area contributed by atoms with Gasteiger partial charge < -0.3 is 9.80 Å². The molecule has 0 saturated carbocycles. The fourth-order valence-electron chi connectivity index (χ4n) is 7.87. The predicted octanol–water partition coefficient (Wildman–Crippen LogP) is 13.3. The summed E-state index contributed by atoms with van der Waals surface area (Å²) in [5.41, 5.74) is 10.9. The second-order valence-corrected chi connectivity index (χ2v) is 13.5. The van der Waals surface area contributed by atoms with Gasteiger partial charge in [0.25, 0.3) is 0 Å². The molecule has 0 fully saturated rings. The van der Waals surface area contributed by atoms with Crippen molar-refractivity contribution in [3.05, 3.63) is 205 Å². The van der Waals surface area contributed by atoms with Crippen LogP contribution in [0.1, 0.15) is 5.56 Å². The fourth-order valence-corrected chi connectivity index (χ4v) is 7.87. The van der Waals surface area contributed by atoms with Gasteiger partial charge in [0.05, 0.1) is 57.7 Å². The molecule has 2 aromatic heterocycles. The summed E-state index contributed by atoms with van der Waals surface area (Å²) < 4.78 is 2.24. The molecule has 0 atom stereocenters. The Morgan fingerprint density at radius 2 is 0.982 bits per heavy atom. The number of rotatable bonds is 6. The van der Waals surface area contributed by atoms with Gasteiger partial charge in [-0.2, -0.15) is 5.26 Å². The van der Waals surface area contributed by atoms with Crippen LogP contribution in [0.25, 0.3) is 32.5 Å². The van der Waals surface area contributed by atoms with E-state index < -0.39 is 0 Å². The van der Waals surface area contributed by atoms with Crippen molar-refractivity contribution in [2.45, 2.75) is 0 Å². The predicted molar refractivity (Wildman–Crippen MR) is 227 cm³/mol. The van der Waals surface area contributed by atoms with Gasteiger partial charge in [-0.25, -0.2) is 9.83 Å². The summed E-state index contributed by atoms with van der Waals surface area (Å²) in [6.45, 7) is 7.63. The van der Waals surface area contributed by atoms with Gasteiger partial charge in [0, 0.05) is 40.0 Å². The van der Waals surface area contributed by atoms with E-state index in [1.807, 2.05) is 54.6 Å². The van der Waals surface area contributed by atoms with Gasteiger partial charge in [-0.1, -0.05) is 91.0 Å². The van der Waals surface area contributed by atoms with Gasteiger partial charge in [-0.15, -0.1) is 0 Å². The quantitative estimate of drug-likeness (QED) is 0.160. The van der Waals surface area contributed by atoms with E-state index in [4.69, 9.17) is 11.6 Å². The first kappa shape index (κ1) is 32.5. The van der Waals surface area contributed by atoms with Gasteiger partial charge in [0.2, 0.25) is 0 Å². The van der Waals surface area contributed by atoms with Gasteiger partial charge in [0.15, 0.2) is 5.69 Å². The third-order valence-corrected chi connectivity index (χ3v) is 10.3. The molecule has 0 N–H and O–H groups in total. The number of hydrogen-bond donors (Lipinski definition) is 0. The van der Waals surface area contributed by atoms with Crippen LogP contribution in [-0.2, 0) is 0 Å². The third kappa shape index (κ3) is 5.31. The molecule has 1 aliphatic heterocycles. The van der Waals surface area contributed by atoms with E-state index in [-0.39, 0.29) is 0 Å². The van der Waals surface area contributed by atoms with E-state index in [0.717, 1.165) is 78.9 Å². The van der Waals surface area contributed by atoms with Crippen LogP contribution in [0.5, 0.6) is 0 Å². The molecule has 9 aromatic rings. The molecule has 0 unspecified atom stereocenters. The molecule has 262 valence electrons. The lowest BCUT2D eigenvalue weighted by atomic mass is 10.1. The molecule has 0 amide bonds. The number of aromatic nitrogens is 2. The smallest absolute Gasteiger partial charge is 0.187 e. The molecule has 0 saturated heterocycles. The SMILES string of the molecule is [C-]#[N+]c1ccc(N(c2ccc(C#N)cc2)c2cc(N3c4ccccc4N(c4ccccc4)c4ccccc43)nc(-n3c4ccccc4c4ccccc43)c2)cc1. The van der Waals surface area contributed by atoms with Crippen molar-refractivity contribution in [3.63, 3.8) is 0 Å². The van der Waals surface area contributed by atoms with Crippen molar-refractivity contribution in [2.75, 3.05) is 14.7 Å². The van der Waals surface area contributed by atoms with Gasteiger partial charge in [-0.05, 0) is 84.9 Å². The zero-order valence-electron chi connectivity index (χ0n) is 30.0. The molecule has 7 heteroatoms. The molecule has 7 nitrogen and oxygen atoms in total. The van der Waals surface area contributed by atoms with Gasteiger partial charge in [0.1, 0.15) is 11.6 Å². The monoisotopic (exact) mass is 717 g/mol. The Hall–Kier alpha value is -8.13. The summed E-state index contributed by atoms with van der Waals surface area (Å²) in [5.74, 6) is 1.47. The molecule has 1 aliphatic rings. The Morgan fingerprint density at radius 1 is 0.500 bits per heavy atom. The lowest BCUT2D eigenvalue weighted by Crippen LogP contribution is -2.25. The summed E-state index contributed by atoms with van der Waals surface area (Å²) in [4.78, 5) is 16.0. The maximum absolute atomic E-state index is 9.69. The number of benzene rings is 7. The molecular weight excluding hydrogens is 687 g/mol. The van der Waals surface area contributed by atoms with Crippen LogP contribution in [-0.4, -0.2) is 9.55 Å². The molecule has 56 heavy (non-hydrogen) atoms. The average molecular weight is 718 g/mol. The second-order valence-electron chi connectivity index (χ2n) is 13.5. The molecule has 0 spiro atoms. The van der Waals surface area contributed by atoms with Crippen LogP contribution in [0.2, 0.25) is 0 Å². The first-order chi connectivity index (χ1) is 27.7. The number of nitriles is 1. The van der Waals surface area contributed by atoms with Crippen molar-refractivity contribution < 1.29 is 0 Å². The topological polar surface area (TPSA) is 55.7 Å². The van der Waals surface area contributed by atoms with Crippen LogP contribution in [0.4, 0.5) is 57.0 Å². The van der Waals surface area contributed by atoms with E-state index in [1.165, 1.54) is 0 Å². The van der Waals surface area contributed by atoms with Crippen LogP contribution < -0.4 is 14.7 Å². The molecular formula is C49H31N7. The average Bonchev–Trinajstić information content (AvgIpc) is 3.61. The fraction of sp³-hybridized carbons (Fsp3) is 0. The normalized spacial score (nSPS) is 11.8. The second kappa shape index (κ2) is 13.4. The van der Waals surface area contributed by atoms with E-state index in [1.54, 1.807) is 0 Å². The Labute approximate surface area is 324 Å².